The molecule has 0 saturated carbocycles. The monoisotopic (exact) mass is 341 g/mol. The predicted molar refractivity (Wildman–Crippen MR) is 92.9 cm³/mol. The fraction of sp³-hybridized carbons (Fsp3) is 0.263. The van der Waals surface area contributed by atoms with E-state index < -0.39 is 0 Å². The highest BCUT2D eigenvalue weighted by Gasteiger charge is 2.33. The summed E-state index contributed by atoms with van der Waals surface area (Å²) in [7, 11) is 4.71. The topological polar surface area (TPSA) is 65.1 Å². The Morgan fingerprint density at radius 3 is 2.32 bits per heavy atom. The Hall–Kier alpha value is -2.86. The van der Waals surface area contributed by atoms with Crippen LogP contribution in [0.15, 0.2) is 30.3 Å². The van der Waals surface area contributed by atoms with Gasteiger partial charge in [-0.2, -0.15) is 0 Å². The molecule has 0 atom stereocenters. The molecule has 130 valence electrons. The summed E-state index contributed by atoms with van der Waals surface area (Å²) in [6.45, 7) is 2.37. The zero-order valence-electron chi connectivity index (χ0n) is 14.6. The van der Waals surface area contributed by atoms with Crippen LogP contribution >= 0.6 is 0 Å². The normalized spacial score (nSPS) is 12.5. The molecule has 0 amide bonds. The molecule has 0 unspecified atom stereocenters. The fourth-order valence-electron chi connectivity index (χ4n) is 2.94. The number of hydrogen-bond acceptors (Lipinski definition) is 6. The second-order valence-electron chi connectivity index (χ2n) is 5.56. The lowest BCUT2D eigenvalue weighted by Gasteiger charge is -2.23. The third kappa shape index (κ3) is 2.74. The van der Waals surface area contributed by atoms with Crippen molar-refractivity contribution in [2.75, 3.05) is 32.9 Å². The second-order valence-corrected chi connectivity index (χ2v) is 5.56. The Labute approximate surface area is 145 Å². The number of anilines is 1. The summed E-state index contributed by atoms with van der Waals surface area (Å²) in [4.78, 5) is 31.3. The molecule has 25 heavy (non-hydrogen) atoms. The van der Waals surface area contributed by atoms with E-state index in [2.05, 4.69) is 0 Å². The maximum atomic E-state index is 13.0. The predicted octanol–water partition coefficient (Wildman–Crippen LogP) is 2.87. The molecule has 0 heterocycles. The number of fused-ring (bicyclic) bond motifs is 2. The van der Waals surface area contributed by atoms with Gasteiger partial charge in [0.15, 0.2) is 11.6 Å². The number of methoxy groups -OCH3 is 2. The van der Waals surface area contributed by atoms with Crippen molar-refractivity contribution in [2.45, 2.75) is 6.92 Å². The van der Waals surface area contributed by atoms with Gasteiger partial charge in [-0.05, 0) is 31.2 Å². The van der Waals surface area contributed by atoms with Crippen molar-refractivity contribution in [2.24, 2.45) is 0 Å². The van der Waals surface area contributed by atoms with E-state index >= 15 is 0 Å². The lowest BCUT2D eigenvalue weighted by molar-refractivity contribution is 0.0975. The van der Waals surface area contributed by atoms with Crippen LogP contribution in [0.3, 0.4) is 0 Å². The molecule has 0 saturated heterocycles. The van der Waals surface area contributed by atoms with Crippen molar-refractivity contribution < 1.29 is 23.9 Å². The third-order valence-electron chi connectivity index (χ3n) is 4.18. The molecule has 0 fully saturated rings. The van der Waals surface area contributed by atoms with E-state index in [-0.39, 0.29) is 22.7 Å². The van der Waals surface area contributed by atoms with Gasteiger partial charge < -0.3 is 9.47 Å². The van der Waals surface area contributed by atoms with Crippen LogP contribution in [0.1, 0.15) is 38.8 Å². The third-order valence-corrected chi connectivity index (χ3v) is 4.18. The molecular weight excluding hydrogens is 322 g/mol. The fourth-order valence-corrected chi connectivity index (χ4v) is 2.94. The number of nitrogens with zero attached hydrogens (tertiary/aromatic N) is 1. The van der Waals surface area contributed by atoms with E-state index in [4.69, 9.17) is 14.3 Å². The minimum Gasteiger partial charge on any atom is -0.497 e. The quantitative estimate of drug-likeness (QED) is 0.665. The highest BCUT2D eigenvalue weighted by Crippen LogP contribution is 2.37. The first-order valence-electron chi connectivity index (χ1n) is 7.87. The molecule has 1 aliphatic carbocycles. The number of rotatable bonds is 5. The molecule has 2 aromatic rings. The molecule has 0 aliphatic heterocycles. The maximum Gasteiger partial charge on any atom is 0.198 e. The van der Waals surface area contributed by atoms with E-state index in [9.17, 15) is 9.59 Å². The molecule has 6 nitrogen and oxygen atoms in total. The highest BCUT2D eigenvalue weighted by atomic mass is 16.7. The van der Waals surface area contributed by atoms with Crippen LogP contribution in [-0.2, 0) is 4.84 Å². The van der Waals surface area contributed by atoms with Crippen LogP contribution in [0.2, 0.25) is 0 Å². The molecular formula is C19H19NO5. The van der Waals surface area contributed by atoms with Crippen LogP contribution in [0.25, 0.3) is 0 Å². The van der Waals surface area contributed by atoms with Gasteiger partial charge in [0.05, 0.1) is 32.1 Å². The second kappa shape index (κ2) is 6.57. The summed E-state index contributed by atoms with van der Waals surface area (Å²) in [6.07, 6.45) is 0. The smallest absolute Gasteiger partial charge is 0.198 e. The summed E-state index contributed by atoms with van der Waals surface area (Å²) in [5, 5.41) is 1.57. The van der Waals surface area contributed by atoms with Gasteiger partial charge in [0.25, 0.3) is 0 Å². The molecule has 0 spiro atoms. The Bertz CT molecular complexity index is 859. The highest BCUT2D eigenvalue weighted by molar-refractivity contribution is 6.29. The van der Waals surface area contributed by atoms with Crippen LogP contribution in [0.5, 0.6) is 11.5 Å². The maximum absolute atomic E-state index is 13.0. The number of hydrogen-bond donors (Lipinski definition) is 0. The molecule has 0 N–H and O–H groups in total. The van der Waals surface area contributed by atoms with Crippen LogP contribution in [0, 0.1) is 0 Å². The Kier molecular flexibility index (Phi) is 4.46. The van der Waals surface area contributed by atoms with Gasteiger partial charge in [-0.15, -0.1) is 0 Å². The summed E-state index contributed by atoms with van der Waals surface area (Å²) in [6, 6.07) is 8.24. The lowest BCUT2D eigenvalue weighted by Crippen LogP contribution is -2.23. The van der Waals surface area contributed by atoms with E-state index in [1.165, 1.54) is 14.2 Å². The van der Waals surface area contributed by atoms with Crippen LogP contribution < -0.4 is 14.5 Å². The first kappa shape index (κ1) is 17.0. The summed E-state index contributed by atoms with van der Waals surface area (Å²) >= 11 is 0. The average Bonchev–Trinajstić information content (AvgIpc) is 2.64. The van der Waals surface area contributed by atoms with Crippen molar-refractivity contribution in [3.05, 3.63) is 52.6 Å². The minimum atomic E-state index is -0.242. The van der Waals surface area contributed by atoms with Gasteiger partial charge in [-0.1, -0.05) is 0 Å². The number of hydroxylamine groups is 1. The largest absolute Gasteiger partial charge is 0.497 e. The molecule has 3 rings (SSSR count). The van der Waals surface area contributed by atoms with Crippen molar-refractivity contribution in [1.82, 2.24) is 0 Å². The zero-order chi connectivity index (χ0) is 18.1. The number of ketones is 2. The average molecular weight is 341 g/mol. The Morgan fingerprint density at radius 1 is 0.920 bits per heavy atom. The molecule has 0 radical (unpaired) electrons. The number of benzene rings is 2. The van der Waals surface area contributed by atoms with E-state index in [1.807, 2.05) is 6.92 Å². The van der Waals surface area contributed by atoms with E-state index in [0.29, 0.717) is 34.9 Å². The van der Waals surface area contributed by atoms with Crippen molar-refractivity contribution in [3.8, 4) is 11.5 Å². The molecule has 6 heteroatoms. The minimum absolute atomic E-state index is 0.241. The van der Waals surface area contributed by atoms with Crippen LogP contribution in [0.4, 0.5) is 5.69 Å². The first-order chi connectivity index (χ1) is 12.0. The van der Waals surface area contributed by atoms with Gasteiger partial charge in [0.2, 0.25) is 0 Å². The van der Waals surface area contributed by atoms with Crippen molar-refractivity contribution in [3.63, 3.8) is 0 Å². The SMILES string of the molecule is CCON(C)c1ccc2c(c1)C(=O)c1cc(OC)cc(OC)c1C2=O. The van der Waals surface area contributed by atoms with Gasteiger partial charge in [-0.3, -0.25) is 19.5 Å². The van der Waals surface area contributed by atoms with Crippen molar-refractivity contribution >= 4 is 17.3 Å². The Balaban J connectivity index is 2.16. The van der Waals surface area contributed by atoms with Gasteiger partial charge in [0.1, 0.15) is 11.5 Å². The number of carbonyl (C=O) groups is 2. The zero-order valence-corrected chi connectivity index (χ0v) is 14.6. The van der Waals surface area contributed by atoms with E-state index in [0.717, 1.165) is 0 Å². The van der Waals surface area contributed by atoms with E-state index in [1.54, 1.807) is 42.4 Å². The Morgan fingerprint density at radius 2 is 1.68 bits per heavy atom. The first-order valence-corrected chi connectivity index (χ1v) is 7.87. The summed E-state index contributed by atoms with van der Waals surface area (Å²) < 4.78 is 10.5. The number of ether oxygens (including phenoxy) is 2. The molecule has 1 aliphatic rings. The van der Waals surface area contributed by atoms with Crippen LogP contribution in [-0.4, -0.2) is 39.4 Å². The molecule has 0 bridgehead atoms. The lowest BCUT2D eigenvalue weighted by atomic mass is 9.83. The van der Waals surface area contributed by atoms with Gasteiger partial charge in [0, 0.05) is 29.8 Å². The summed E-state index contributed by atoms with van der Waals surface area (Å²) in [5.41, 5.74) is 1.95. The van der Waals surface area contributed by atoms with Gasteiger partial charge in [-0.25, -0.2) is 0 Å². The molecule has 0 aromatic heterocycles. The summed E-state index contributed by atoms with van der Waals surface area (Å²) in [5.74, 6) is 0.305. The van der Waals surface area contributed by atoms with Gasteiger partial charge >= 0.3 is 0 Å². The van der Waals surface area contributed by atoms with Crippen molar-refractivity contribution in [1.29, 1.82) is 0 Å². The standard InChI is InChI=1S/C19H19NO5/c1-5-25-20(2)11-6-7-13-14(8-11)18(21)15-9-12(23-3)10-16(24-4)17(15)19(13)22/h6-10H,5H2,1-4H3. The molecule has 2 aromatic carbocycles. The number of carbonyl (C=O) groups excluding carboxylic acids is 2.